The molecule has 5 rings (SSSR count). The van der Waals surface area contributed by atoms with Gasteiger partial charge in [0.2, 0.25) is 0 Å². The van der Waals surface area contributed by atoms with Gasteiger partial charge in [0.1, 0.15) is 0 Å². The Kier molecular flexibility index (Phi) is 3.37. The number of nitrogens with zero attached hydrogens (tertiary/aromatic N) is 3. The molecular formula is C17H21N3O. The lowest BCUT2D eigenvalue weighted by atomic mass is 9.95. The third kappa shape index (κ3) is 2.44. The van der Waals surface area contributed by atoms with E-state index < -0.39 is 0 Å². The van der Waals surface area contributed by atoms with E-state index in [1.807, 2.05) is 30.5 Å². The minimum atomic E-state index is -0.307. The third-order valence-corrected chi connectivity index (χ3v) is 4.93. The van der Waals surface area contributed by atoms with Gasteiger partial charge in [0.15, 0.2) is 0 Å². The number of aliphatic hydroxyl groups excluding tert-OH is 1. The normalized spacial score (nSPS) is 29.7. The minimum Gasteiger partial charge on any atom is -0.391 e. The van der Waals surface area contributed by atoms with E-state index in [1.54, 1.807) is 0 Å². The summed E-state index contributed by atoms with van der Waals surface area (Å²) in [6, 6.07) is 10.5. The SMILES string of the molecule is OC(Cc1ccnc2ccccc12)C1CN2CCN1CC2. The monoisotopic (exact) mass is 283 g/mol. The Balaban J connectivity index is 1.57. The largest absolute Gasteiger partial charge is 0.391 e. The molecule has 2 unspecified atom stereocenters. The summed E-state index contributed by atoms with van der Waals surface area (Å²) in [5.41, 5.74) is 2.21. The van der Waals surface area contributed by atoms with Crippen molar-refractivity contribution in [1.29, 1.82) is 0 Å². The highest BCUT2D eigenvalue weighted by Crippen LogP contribution is 2.23. The quantitative estimate of drug-likeness (QED) is 0.917. The number of aliphatic hydroxyl groups is 1. The van der Waals surface area contributed by atoms with Gasteiger partial charge in [0.25, 0.3) is 0 Å². The smallest absolute Gasteiger partial charge is 0.0748 e. The minimum absolute atomic E-state index is 0.277. The van der Waals surface area contributed by atoms with Gasteiger partial charge in [-0.05, 0) is 17.7 Å². The van der Waals surface area contributed by atoms with Crippen molar-refractivity contribution >= 4 is 10.9 Å². The molecule has 4 nitrogen and oxygen atoms in total. The van der Waals surface area contributed by atoms with E-state index in [2.05, 4.69) is 20.9 Å². The zero-order valence-corrected chi connectivity index (χ0v) is 12.2. The number of hydrogen-bond acceptors (Lipinski definition) is 4. The molecule has 110 valence electrons. The molecule has 0 spiro atoms. The Hall–Kier alpha value is -1.49. The van der Waals surface area contributed by atoms with Gasteiger partial charge in [-0.15, -0.1) is 0 Å². The zero-order chi connectivity index (χ0) is 14.2. The molecule has 1 aromatic carbocycles. The number of rotatable bonds is 3. The number of benzene rings is 1. The lowest BCUT2D eigenvalue weighted by Crippen LogP contribution is -2.64. The molecule has 21 heavy (non-hydrogen) atoms. The molecule has 3 fully saturated rings. The van der Waals surface area contributed by atoms with Crippen LogP contribution in [0.15, 0.2) is 36.5 Å². The highest BCUT2D eigenvalue weighted by molar-refractivity contribution is 5.81. The van der Waals surface area contributed by atoms with Crippen LogP contribution in [-0.2, 0) is 6.42 Å². The predicted molar refractivity (Wildman–Crippen MR) is 83.3 cm³/mol. The summed E-state index contributed by atoms with van der Waals surface area (Å²) in [6.45, 7) is 5.50. The van der Waals surface area contributed by atoms with Crippen molar-refractivity contribution in [2.45, 2.75) is 18.6 Å². The average molecular weight is 283 g/mol. The Morgan fingerprint density at radius 3 is 2.71 bits per heavy atom. The predicted octanol–water partition coefficient (Wildman–Crippen LogP) is 1.14. The van der Waals surface area contributed by atoms with E-state index >= 15 is 0 Å². The Morgan fingerprint density at radius 1 is 1.14 bits per heavy atom. The first kappa shape index (κ1) is 13.2. The molecule has 0 aliphatic carbocycles. The number of pyridine rings is 1. The first-order chi connectivity index (χ1) is 10.3. The fraction of sp³-hybridized carbons (Fsp3) is 0.471. The molecule has 0 amide bonds. The second-order valence-electron chi connectivity index (χ2n) is 6.16. The lowest BCUT2D eigenvalue weighted by molar-refractivity contribution is -0.0452. The van der Waals surface area contributed by atoms with Crippen molar-refractivity contribution in [3.05, 3.63) is 42.1 Å². The average Bonchev–Trinajstić information content (AvgIpc) is 2.56. The van der Waals surface area contributed by atoms with Crippen molar-refractivity contribution in [3.63, 3.8) is 0 Å². The molecular weight excluding hydrogens is 262 g/mol. The zero-order valence-electron chi connectivity index (χ0n) is 12.2. The van der Waals surface area contributed by atoms with E-state index in [9.17, 15) is 5.11 Å². The summed E-state index contributed by atoms with van der Waals surface area (Å²) in [4.78, 5) is 9.32. The fourth-order valence-corrected chi connectivity index (χ4v) is 3.72. The fourth-order valence-electron chi connectivity index (χ4n) is 3.72. The van der Waals surface area contributed by atoms with Gasteiger partial charge >= 0.3 is 0 Å². The molecule has 1 N–H and O–H groups in total. The van der Waals surface area contributed by atoms with Crippen LogP contribution in [0.5, 0.6) is 0 Å². The highest BCUT2D eigenvalue weighted by Gasteiger charge is 2.36. The van der Waals surface area contributed by atoms with E-state index in [4.69, 9.17) is 0 Å². The van der Waals surface area contributed by atoms with Gasteiger partial charge in [0.05, 0.1) is 11.6 Å². The molecule has 4 heteroatoms. The topological polar surface area (TPSA) is 39.6 Å². The molecule has 0 saturated carbocycles. The molecule has 3 aliphatic heterocycles. The van der Waals surface area contributed by atoms with Crippen LogP contribution in [0.2, 0.25) is 0 Å². The second-order valence-corrected chi connectivity index (χ2v) is 6.16. The van der Waals surface area contributed by atoms with Crippen LogP contribution >= 0.6 is 0 Å². The standard InChI is InChI=1S/C17H21N3O/c21-17(16-12-19-7-9-20(16)10-8-19)11-13-5-6-18-15-4-2-1-3-14(13)15/h1-6,16-17,21H,7-12H2. The first-order valence-corrected chi connectivity index (χ1v) is 7.78. The molecule has 2 atom stereocenters. The van der Waals surface area contributed by atoms with E-state index in [1.165, 1.54) is 5.56 Å². The second kappa shape index (κ2) is 5.37. The number of hydrogen-bond donors (Lipinski definition) is 1. The maximum atomic E-state index is 10.7. The third-order valence-electron chi connectivity index (χ3n) is 4.93. The van der Waals surface area contributed by atoms with Gasteiger partial charge < -0.3 is 5.11 Å². The van der Waals surface area contributed by atoms with Crippen LogP contribution < -0.4 is 0 Å². The Bertz CT molecular complexity index is 631. The van der Waals surface area contributed by atoms with E-state index in [0.29, 0.717) is 6.42 Å². The van der Waals surface area contributed by atoms with Crippen LogP contribution in [0.4, 0.5) is 0 Å². The molecule has 4 heterocycles. The molecule has 3 aliphatic rings. The van der Waals surface area contributed by atoms with Gasteiger partial charge in [-0.2, -0.15) is 0 Å². The first-order valence-electron chi connectivity index (χ1n) is 7.78. The lowest BCUT2D eigenvalue weighted by Gasteiger charge is -2.49. The summed E-state index contributed by atoms with van der Waals surface area (Å²) in [6.07, 6.45) is 2.25. The number of para-hydroxylation sites is 1. The summed E-state index contributed by atoms with van der Waals surface area (Å²) in [5.74, 6) is 0. The highest BCUT2D eigenvalue weighted by atomic mass is 16.3. The maximum absolute atomic E-state index is 10.7. The molecule has 0 radical (unpaired) electrons. The van der Waals surface area contributed by atoms with Crippen LogP contribution in [-0.4, -0.2) is 64.8 Å². The van der Waals surface area contributed by atoms with Gasteiger partial charge in [-0.1, -0.05) is 18.2 Å². The van der Waals surface area contributed by atoms with Gasteiger partial charge in [0, 0.05) is 56.8 Å². The van der Waals surface area contributed by atoms with E-state index in [-0.39, 0.29) is 12.1 Å². The van der Waals surface area contributed by atoms with Crippen molar-refractivity contribution in [3.8, 4) is 0 Å². The van der Waals surface area contributed by atoms with Gasteiger partial charge in [-0.3, -0.25) is 14.8 Å². The molecule has 1 aromatic heterocycles. The van der Waals surface area contributed by atoms with E-state index in [0.717, 1.165) is 43.6 Å². The van der Waals surface area contributed by atoms with Crippen molar-refractivity contribution < 1.29 is 5.11 Å². The van der Waals surface area contributed by atoms with Crippen LogP contribution in [0, 0.1) is 0 Å². The Morgan fingerprint density at radius 2 is 1.95 bits per heavy atom. The Labute approximate surface area is 125 Å². The molecule has 2 aromatic rings. The van der Waals surface area contributed by atoms with Crippen molar-refractivity contribution in [2.24, 2.45) is 0 Å². The summed E-state index contributed by atoms with van der Waals surface area (Å²) >= 11 is 0. The number of fused-ring (bicyclic) bond motifs is 4. The van der Waals surface area contributed by atoms with Crippen LogP contribution in [0.1, 0.15) is 5.56 Å². The van der Waals surface area contributed by atoms with Crippen LogP contribution in [0.25, 0.3) is 10.9 Å². The summed E-state index contributed by atoms with van der Waals surface area (Å²) in [7, 11) is 0. The van der Waals surface area contributed by atoms with Crippen molar-refractivity contribution in [2.75, 3.05) is 32.7 Å². The maximum Gasteiger partial charge on any atom is 0.0748 e. The molecule has 2 bridgehead atoms. The number of aromatic nitrogens is 1. The van der Waals surface area contributed by atoms with Crippen LogP contribution in [0.3, 0.4) is 0 Å². The molecule has 3 saturated heterocycles. The van der Waals surface area contributed by atoms with Crippen molar-refractivity contribution in [1.82, 2.24) is 14.8 Å². The summed E-state index contributed by atoms with van der Waals surface area (Å²) in [5, 5.41) is 11.9. The summed E-state index contributed by atoms with van der Waals surface area (Å²) < 4.78 is 0. The van der Waals surface area contributed by atoms with Gasteiger partial charge in [-0.25, -0.2) is 0 Å². The number of piperazine rings is 3.